The highest BCUT2D eigenvalue weighted by Gasteiger charge is 2.30. The lowest BCUT2D eigenvalue weighted by Crippen LogP contribution is -2.15. The summed E-state index contributed by atoms with van der Waals surface area (Å²) in [5.74, 6) is 2.04. The number of aromatic nitrogens is 3. The van der Waals surface area contributed by atoms with E-state index in [0.717, 1.165) is 28.9 Å². The van der Waals surface area contributed by atoms with Gasteiger partial charge in [-0.1, -0.05) is 32.1 Å². The Labute approximate surface area is 155 Å². The monoisotopic (exact) mass is 355 g/mol. The van der Waals surface area contributed by atoms with E-state index in [0.29, 0.717) is 18.2 Å². The summed E-state index contributed by atoms with van der Waals surface area (Å²) in [6.45, 7) is 2.20. The number of ether oxygens (including phenoxy) is 1. The Morgan fingerprint density at radius 1 is 1.23 bits per heavy atom. The molecule has 2 saturated carbocycles. The van der Waals surface area contributed by atoms with Gasteiger partial charge in [-0.3, -0.25) is 9.48 Å². The molecule has 0 amide bonds. The van der Waals surface area contributed by atoms with Gasteiger partial charge in [0.25, 0.3) is 0 Å². The summed E-state index contributed by atoms with van der Waals surface area (Å²) in [6.07, 6.45) is 10.7. The molecular formula is C21H29N3O2. The van der Waals surface area contributed by atoms with Crippen molar-refractivity contribution in [2.24, 2.45) is 13.0 Å². The predicted molar refractivity (Wildman–Crippen MR) is 102 cm³/mol. The quantitative estimate of drug-likeness (QED) is 0.735. The number of ketones is 1. The fourth-order valence-corrected chi connectivity index (χ4v) is 4.22. The Kier molecular flexibility index (Phi) is 4.96. The fourth-order valence-electron chi connectivity index (χ4n) is 4.22. The lowest BCUT2D eigenvalue weighted by Gasteiger charge is -2.20. The van der Waals surface area contributed by atoms with Crippen LogP contribution in [0.1, 0.15) is 75.0 Å². The first-order chi connectivity index (χ1) is 12.6. The van der Waals surface area contributed by atoms with Crippen LogP contribution in [0.5, 0.6) is 5.88 Å². The molecule has 0 N–H and O–H groups in total. The molecule has 2 aliphatic carbocycles. The van der Waals surface area contributed by atoms with Gasteiger partial charge in [0.05, 0.1) is 5.69 Å². The molecule has 2 aromatic rings. The van der Waals surface area contributed by atoms with Crippen LogP contribution in [0.2, 0.25) is 0 Å². The van der Waals surface area contributed by atoms with Gasteiger partial charge in [0, 0.05) is 30.8 Å². The number of carbonyl (C=O) groups excluding carboxylic acids is 1. The minimum Gasteiger partial charge on any atom is -0.470 e. The number of rotatable bonds is 7. The van der Waals surface area contributed by atoms with E-state index >= 15 is 0 Å². The third-order valence-corrected chi connectivity index (χ3v) is 5.90. The van der Waals surface area contributed by atoms with Gasteiger partial charge in [0.1, 0.15) is 6.61 Å². The van der Waals surface area contributed by atoms with Crippen molar-refractivity contribution in [1.29, 1.82) is 0 Å². The minimum atomic E-state index is 0.123. The van der Waals surface area contributed by atoms with Gasteiger partial charge in [-0.15, -0.1) is 0 Å². The van der Waals surface area contributed by atoms with Crippen LogP contribution >= 0.6 is 0 Å². The molecular weight excluding hydrogens is 326 g/mol. The van der Waals surface area contributed by atoms with Gasteiger partial charge >= 0.3 is 0 Å². The van der Waals surface area contributed by atoms with E-state index in [2.05, 4.69) is 17.0 Å². The predicted octanol–water partition coefficient (Wildman–Crippen LogP) is 4.46. The van der Waals surface area contributed by atoms with Crippen molar-refractivity contribution >= 4 is 16.8 Å². The van der Waals surface area contributed by atoms with Crippen molar-refractivity contribution in [3.63, 3.8) is 0 Å². The number of carbonyl (C=O) groups is 1. The summed E-state index contributed by atoms with van der Waals surface area (Å²) < 4.78 is 7.58. The van der Waals surface area contributed by atoms with Gasteiger partial charge in [0.2, 0.25) is 5.88 Å². The molecule has 2 fully saturated rings. The SMILES string of the molecule is Cc1cc(OCC(=O)CCC2CCCCC2)nc2c1c(C1CC1)nn2C. The van der Waals surface area contributed by atoms with Crippen LogP contribution in [-0.2, 0) is 11.8 Å². The molecule has 0 unspecified atom stereocenters. The normalized spacial score (nSPS) is 18.4. The zero-order valence-electron chi connectivity index (χ0n) is 16.0. The number of nitrogens with zero attached hydrogens (tertiary/aromatic N) is 3. The number of Topliss-reactive ketones (excluding diaryl/α,β-unsaturated/α-hetero) is 1. The fraction of sp³-hybridized carbons (Fsp3) is 0.667. The van der Waals surface area contributed by atoms with E-state index in [9.17, 15) is 4.79 Å². The van der Waals surface area contributed by atoms with Crippen molar-refractivity contribution < 1.29 is 9.53 Å². The summed E-state index contributed by atoms with van der Waals surface area (Å²) in [6, 6.07) is 1.95. The molecule has 5 heteroatoms. The topological polar surface area (TPSA) is 57.0 Å². The maximum absolute atomic E-state index is 12.2. The Balaban J connectivity index is 1.38. The number of hydrogen-bond donors (Lipinski definition) is 0. The average Bonchev–Trinajstić information content (AvgIpc) is 3.43. The molecule has 0 aromatic carbocycles. The van der Waals surface area contributed by atoms with Gasteiger partial charge in [0.15, 0.2) is 11.4 Å². The van der Waals surface area contributed by atoms with Gasteiger partial charge < -0.3 is 4.74 Å². The van der Waals surface area contributed by atoms with Crippen LogP contribution in [0, 0.1) is 12.8 Å². The smallest absolute Gasteiger partial charge is 0.215 e. The number of aryl methyl sites for hydroxylation is 2. The molecule has 2 aliphatic rings. The first-order valence-electron chi connectivity index (χ1n) is 10.1. The Bertz CT molecular complexity index is 801. The number of fused-ring (bicyclic) bond motifs is 1. The van der Waals surface area contributed by atoms with Crippen LogP contribution in [0.25, 0.3) is 11.0 Å². The maximum Gasteiger partial charge on any atom is 0.215 e. The van der Waals surface area contributed by atoms with Crippen molar-refractivity contribution in [1.82, 2.24) is 14.8 Å². The summed E-state index contributed by atoms with van der Waals surface area (Å²) in [5, 5.41) is 5.82. The average molecular weight is 355 g/mol. The molecule has 0 bridgehead atoms. The van der Waals surface area contributed by atoms with E-state index in [4.69, 9.17) is 4.74 Å². The summed E-state index contributed by atoms with van der Waals surface area (Å²) in [5.41, 5.74) is 3.16. The number of hydrogen-bond acceptors (Lipinski definition) is 4. The van der Waals surface area contributed by atoms with E-state index in [1.807, 2.05) is 17.8 Å². The Morgan fingerprint density at radius 3 is 2.73 bits per heavy atom. The molecule has 2 heterocycles. The van der Waals surface area contributed by atoms with E-state index in [1.165, 1.54) is 50.6 Å². The van der Waals surface area contributed by atoms with Crippen LogP contribution in [0.15, 0.2) is 6.07 Å². The van der Waals surface area contributed by atoms with E-state index in [1.54, 1.807) is 0 Å². The first kappa shape index (κ1) is 17.5. The number of pyridine rings is 1. The highest BCUT2D eigenvalue weighted by molar-refractivity contribution is 5.84. The molecule has 26 heavy (non-hydrogen) atoms. The van der Waals surface area contributed by atoms with Crippen molar-refractivity contribution in [3.05, 3.63) is 17.3 Å². The molecule has 0 atom stereocenters. The highest BCUT2D eigenvalue weighted by Crippen LogP contribution is 2.43. The van der Waals surface area contributed by atoms with Gasteiger partial charge in [-0.2, -0.15) is 10.1 Å². The molecule has 140 valence electrons. The summed E-state index contributed by atoms with van der Waals surface area (Å²) >= 11 is 0. The molecule has 0 radical (unpaired) electrons. The van der Waals surface area contributed by atoms with Crippen LogP contribution in [-0.4, -0.2) is 27.2 Å². The second-order valence-electron chi connectivity index (χ2n) is 8.13. The van der Waals surface area contributed by atoms with Crippen LogP contribution in [0.4, 0.5) is 0 Å². The zero-order valence-corrected chi connectivity index (χ0v) is 16.0. The Hall–Kier alpha value is -1.91. The van der Waals surface area contributed by atoms with Gasteiger partial charge in [-0.25, -0.2) is 0 Å². The minimum absolute atomic E-state index is 0.123. The van der Waals surface area contributed by atoms with Gasteiger partial charge in [-0.05, 0) is 37.7 Å². The zero-order chi connectivity index (χ0) is 18.1. The lowest BCUT2D eigenvalue weighted by molar-refractivity contribution is -0.121. The highest BCUT2D eigenvalue weighted by atomic mass is 16.5. The third kappa shape index (κ3) is 3.76. The standard InChI is InChI=1S/C21H29N3O2/c1-14-12-18(22-21-19(14)20(16-9-10-16)23-24(21)2)26-13-17(25)11-8-15-6-4-3-5-7-15/h12,15-16H,3-11,13H2,1-2H3. The van der Waals surface area contributed by atoms with Crippen LogP contribution < -0.4 is 4.74 Å². The van der Waals surface area contributed by atoms with Crippen molar-refractivity contribution in [2.75, 3.05) is 6.61 Å². The van der Waals surface area contributed by atoms with Crippen molar-refractivity contribution in [2.45, 2.75) is 70.6 Å². The summed E-state index contributed by atoms with van der Waals surface area (Å²) in [4.78, 5) is 16.8. The molecule has 0 aliphatic heterocycles. The van der Waals surface area contributed by atoms with E-state index < -0.39 is 0 Å². The molecule has 4 rings (SSSR count). The lowest BCUT2D eigenvalue weighted by atomic mass is 9.86. The molecule has 2 aromatic heterocycles. The summed E-state index contributed by atoms with van der Waals surface area (Å²) in [7, 11) is 1.93. The maximum atomic E-state index is 12.2. The molecule has 5 nitrogen and oxygen atoms in total. The third-order valence-electron chi connectivity index (χ3n) is 5.90. The Morgan fingerprint density at radius 2 is 2.00 bits per heavy atom. The first-order valence-corrected chi connectivity index (χ1v) is 10.1. The van der Waals surface area contributed by atoms with Crippen molar-refractivity contribution in [3.8, 4) is 5.88 Å². The second kappa shape index (κ2) is 7.37. The second-order valence-corrected chi connectivity index (χ2v) is 8.13. The largest absolute Gasteiger partial charge is 0.470 e. The molecule has 0 spiro atoms. The van der Waals surface area contributed by atoms with Crippen LogP contribution in [0.3, 0.4) is 0 Å². The molecule has 0 saturated heterocycles. The van der Waals surface area contributed by atoms with E-state index in [-0.39, 0.29) is 12.4 Å².